The lowest BCUT2D eigenvalue weighted by molar-refractivity contribution is 0.234. The monoisotopic (exact) mass is 336 g/mol. The summed E-state index contributed by atoms with van der Waals surface area (Å²) in [5, 5.41) is 3.19. The Labute approximate surface area is 126 Å². The number of ether oxygens (including phenoxy) is 1. The van der Waals surface area contributed by atoms with Gasteiger partial charge in [-0.2, -0.15) is 4.98 Å². The highest BCUT2D eigenvalue weighted by atomic mass is 79.9. The number of rotatable bonds is 5. The van der Waals surface area contributed by atoms with Crippen LogP contribution >= 0.6 is 15.9 Å². The molecule has 1 aromatic heterocycles. The maximum Gasteiger partial charge on any atom is 0.242 e. The summed E-state index contributed by atoms with van der Waals surface area (Å²) in [5.74, 6) is 0.988. The van der Waals surface area contributed by atoms with E-state index in [2.05, 4.69) is 31.2 Å². The zero-order valence-corrected chi connectivity index (χ0v) is 13.0. The van der Waals surface area contributed by atoms with Gasteiger partial charge in [-0.25, -0.2) is 4.98 Å². The molecule has 0 bridgehead atoms. The summed E-state index contributed by atoms with van der Waals surface area (Å²) in [6, 6.07) is 8.03. The van der Waals surface area contributed by atoms with E-state index in [1.807, 2.05) is 38.1 Å². The van der Waals surface area contributed by atoms with Gasteiger partial charge in [0.05, 0.1) is 6.10 Å². The third kappa shape index (κ3) is 3.84. The van der Waals surface area contributed by atoms with Crippen LogP contribution in [0.4, 0.5) is 11.5 Å². The fraction of sp³-hybridized carbons (Fsp3) is 0.286. The van der Waals surface area contributed by atoms with E-state index in [9.17, 15) is 0 Å². The molecule has 2 rings (SSSR count). The summed E-state index contributed by atoms with van der Waals surface area (Å²) in [6.45, 7) is 4.48. The van der Waals surface area contributed by atoms with E-state index < -0.39 is 0 Å². The summed E-state index contributed by atoms with van der Waals surface area (Å²) in [4.78, 5) is 8.19. The second-order valence-electron chi connectivity index (χ2n) is 4.59. The minimum absolute atomic E-state index is 0.0186. The molecule has 20 heavy (non-hydrogen) atoms. The Kier molecular flexibility index (Phi) is 4.79. The topological polar surface area (TPSA) is 73.1 Å². The van der Waals surface area contributed by atoms with Crippen LogP contribution in [0, 0.1) is 0 Å². The molecule has 5 nitrogen and oxygen atoms in total. The number of aromatic nitrogens is 2. The van der Waals surface area contributed by atoms with Crippen molar-refractivity contribution >= 4 is 27.4 Å². The van der Waals surface area contributed by atoms with Gasteiger partial charge in [-0.05, 0) is 31.5 Å². The highest BCUT2D eigenvalue weighted by molar-refractivity contribution is 9.10. The van der Waals surface area contributed by atoms with Gasteiger partial charge in [0.15, 0.2) is 5.82 Å². The fourth-order valence-corrected chi connectivity index (χ4v) is 2.12. The number of nitrogen functional groups attached to an aromatic ring is 1. The lowest BCUT2D eigenvalue weighted by Crippen LogP contribution is -2.12. The van der Waals surface area contributed by atoms with Gasteiger partial charge in [0.1, 0.15) is 12.0 Å². The summed E-state index contributed by atoms with van der Waals surface area (Å²) in [6.07, 6.45) is 1.46. The second kappa shape index (κ2) is 6.56. The Hall–Kier alpha value is -1.82. The first kappa shape index (κ1) is 14.6. The van der Waals surface area contributed by atoms with Crippen LogP contribution in [-0.2, 0) is 6.54 Å². The Balaban J connectivity index is 2.10. The van der Waals surface area contributed by atoms with Crippen molar-refractivity contribution in [3.8, 4) is 5.88 Å². The zero-order chi connectivity index (χ0) is 14.5. The first-order chi connectivity index (χ1) is 9.56. The van der Waals surface area contributed by atoms with E-state index in [-0.39, 0.29) is 6.10 Å². The standard InChI is InChI=1S/C14H17BrN4O/c1-9(2)20-14-12(16)13(18-8-19-14)17-7-10-4-3-5-11(15)6-10/h3-6,8-9H,7,16H2,1-2H3,(H,17,18,19). The highest BCUT2D eigenvalue weighted by Gasteiger charge is 2.10. The number of halogens is 1. The minimum atomic E-state index is 0.0186. The first-order valence-corrected chi connectivity index (χ1v) is 7.11. The molecular formula is C14H17BrN4O. The van der Waals surface area contributed by atoms with Gasteiger partial charge >= 0.3 is 0 Å². The van der Waals surface area contributed by atoms with E-state index in [0.717, 1.165) is 10.0 Å². The molecule has 0 saturated heterocycles. The van der Waals surface area contributed by atoms with E-state index in [1.165, 1.54) is 6.33 Å². The molecule has 0 amide bonds. The van der Waals surface area contributed by atoms with Gasteiger partial charge in [-0.15, -0.1) is 0 Å². The second-order valence-corrected chi connectivity index (χ2v) is 5.51. The Morgan fingerprint density at radius 2 is 2.15 bits per heavy atom. The molecule has 3 N–H and O–H groups in total. The summed E-state index contributed by atoms with van der Waals surface area (Å²) in [7, 11) is 0. The van der Waals surface area contributed by atoms with Crippen molar-refractivity contribution < 1.29 is 4.74 Å². The normalized spacial score (nSPS) is 10.6. The smallest absolute Gasteiger partial charge is 0.242 e. The van der Waals surface area contributed by atoms with Gasteiger partial charge in [0, 0.05) is 11.0 Å². The molecule has 2 aromatic rings. The molecule has 1 aromatic carbocycles. The van der Waals surface area contributed by atoms with Crippen LogP contribution in [0.3, 0.4) is 0 Å². The van der Waals surface area contributed by atoms with E-state index in [1.54, 1.807) is 0 Å². The van der Waals surface area contributed by atoms with E-state index >= 15 is 0 Å². The molecule has 0 aliphatic rings. The van der Waals surface area contributed by atoms with Gasteiger partial charge in [0.2, 0.25) is 5.88 Å². The molecule has 0 aliphatic heterocycles. The summed E-state index contributed by atoms with van der Waals surface area (Å²) in [5.41, 5.74) is 7.56. The van der Waals surface area contributed by atoms with E-state index in [4.69, 9.17) is 10.5 Å². The number of hydrogen-bond donors (Lipinski definition) is 2. The molecule has 0 fully saturated rings. The Morgan fingerprint density at radius 1 is 1.35 bits per heavy atom. The largest absolute Gasteiger partial charge is 0.473 e. The van der Waals surface area contributed by atoms with Crippen molar-refractivity contribution in [1.82, 2.24) is 9.97 Å². The average molecular weight is 337 g/mol. The number of benzene rings is 1. The van der Waals surface area contributed by atoms with Crippen molar-refractivity contribution in [2.45, 2.75) is 26.5 Å². The van der Waals surface area contributed by atoms with Gasteiger partial charge in [0.25, 0.3) is 0 Å². The van der Waals surface area contributed by atoms with Crippen LogP contribution in [0.25, 0.3) is 0 Å². The van der Waals surface area contributed by atoms with Crippen molar-refractivity contribution in [3.05, 3.63) is 40.6 Å². The lowest BCUT2D eigenvalue weighted by Gasteiger charge is -2.13. The molecule has 0 atom stereocenters. The maximum absolute atomic E-state index is 6.00. The molecule has 0 radical (unpaired) electrons. The van der Waals surface area contributed by atoms with Crippen molar-refractivity contribution in [2.75, 3.05) is 11.1 Å². The Morgan fingerprint density at radius 3 is 2.85 bits per heavy atom. The van der Waals surface area contributed by atoms with Crippen LogP contribution < -0.4 is 15.8 Å². The van der Waals surface area contributed by atoms with Crippen LogP contribution in [0.15, 0.2) is 35.1 Å². The van der Waals surface area contributed by atoms with Crippen molar-refractivity contribution in [2.24, 2.45) is 0 Å². The summed E-state index contributed by atoms with van der Waals surface area (Å²) < 4.78 is 6.57. The third-order valence-electron chi connectivity index (χ3n) is 2.54. The molecular weight excluding hydrogens is 320 g/mol. The zero-order valence-electron chi connectivity index (χ0n) is 11.4. The number of nitrogens with one attached hydrogen (secondary N) is 1. The van der Waals surface area contributed by atoms with Crippen molar-refractivity contribution in [1.29, 1.82) is 0 Å². The van der Waals surface area contributed by atoms with Gasteiger partial charge < -0.3 is 15.8 Å². The minimum Gasteiger partial charge on any atom is -0.473 e. The number of hydrogen-bond acceptors (Lipinski definition) is 5. The van der Waals surface area contributed by atoms with E-state index in [0.29, 0.717) is 23.9 Å². The third-order valence-corrected chi connectivity index (χ3v) is 3.04. The Bertz CT molecular complexity index is 589. The first-order valence-electron chi connectivity index (χ1n) is 6.31. The highest BCUT2D eigenvalue weighted by Crippen LogP contribution is 2.25. The lowest BCUT2D eigenvalue weighted by atomic mass is 10.2. The molecule has 0 aliphatic carbocycles. The van der Waals surface area contributed by atoms with Crippen LogP contribution in [0.5, 0.6) is 5.88 Å². The van der Waals surface area contributed by atoms with Crippen LogP contribution in [-0.4, -0.2) is 16.1 Å². The number of nitrogens with two attached hydrogens (primary N) is 1. The molecule has 0 saturated carbocycles. The number of anilines is 2. The van der Waals surface area contributed by atoms with Gasteiger partial charge in [-0.1, -0.05) is 28.1 Å². The molecule has 6 heteroatoms. The predicted molar refractivity (Wildman–Crippen MR) is 83.7 cm³/mol. The molecule has 106 valence electrons. The number of nitrogens with zero attached hydrogens (tertiary/aromatic N) is 2. The van der Waals surface area contributed by atoms with Crippen LogP contribution in [0.2, 0.25) is 0 Å². The molecule has 1 heterocycles. The molecule has 0 unspecified atom stereocenters. The van der Waals surface area contributed by atoms with Crippen LogP contribution in [0.1, 0.15) is 19.4 Å². The maximum atomic E-state index is 6.00. The SMILES string of the molecule is CC(C)Oc1ncnc(NCc2cccc(Br)c2)c1N. The summed E-state index contributed by atoms with van der Waals surface area (Å²) >= 11 is 3.44. The predicted octanol–water partition coefficient (Wildman–Crippen LogP) is 3.22. The average Bonchev–Trinajstić information content (AvgIpc) is 2.39. The quantitative estimate of drug-likeness (QED) is 0.876. The molecule has 0 spiro atoms. The van der Waals surface area contributed by atoms with Crippen molar-refractivity contribution in [3.63, 3.8) is 0 Å². The van der Waals surface area contributed by atoms with Gasteiger partial charge in [-0.3, -0.25) is 0 Å². The fourth-order valence-electron chi connectivity index (χ4n) is 1.67.